The number of rotatable bonds is 11. The van der Waals surface area contributed by atoms with Crippen molar-refractivity contribution < 1.29 is 22.4 Å². The lowest BCUT2D eigenvalue weighted by Crippen LogP contribution is -2.56. The van der Waals surface area contributed by atoms with Crippen molar-refractivity contribution in [2.75, 3.05) is 24.9 Å². The quantitative estimate of drug-likeness (QED) is 0.309. The highest BCUT2D eigenvalue weighted by Gasteiger charge is 2.36. The summed E-state index contributed by atoms with van der Waals surface area (Å²) in [5, 5.41) is 3.46. The standard InChI is InChI=1S/C30H35Cl2FN4O4S/c1-30(2,3)34-29(39)27(18-21-12-7-6-8-13-21)36(19-22-23(31)14-11-15-24(22)32)28(38)20-37(42(40,41)35(4)5)26-17-10-9-16-25(26)33/h6-17,27H,18-20H2,1-5H3,(H,34,39)/t27-/m1/s1. The summed E-state index contributed by atoms with van der Waals surface area (Å²) < 4.78 is 43.3. The molecule has 0 spiro atoms. The zero-order valence-corrected chi connectivity index (χ0v) is 26.5. The maximum absolute atomic E-state index is 14.9. The highest BCUT2D eigenvalue weighted by Crippen LogP contribution is 2.29. The van der Waals surface area contributed by atoms with E-state index in [0.29, 0.717) is 9.87 Å². The molecule has 0 aliphatic heterocycles. The van der Waals surface area contributed by atoms with Crippen molar-refractivity contribution in [2.45, 2.75) is 45.3 Å². The first-order valence-electron chi connectivity index (χ1n) is 13.1. The van der Waals surface area contributed by atoms with Crippen LogP contribution in [0.15, 0.2) is 72.8 Å². The van der Waals surface area contributed by atoms with Gasteiger partial charge in [-0.2, -0.15) is 12.7 Å². The van der Waals surface area contributed by atoms with Gasteiger partial charge in [0.1, 0.15) is 18.4 Å². The van der Waals surface area contributed by atoms with Crippen LogP contribution < -0.4 is 9.62 Å². The minimum atomic E-state index is -4.34. The third-order valence-corrected chi connectivity index (χ3v) is 8.81. The Kier molecular flexibility index (Phi) is 11.0. The molecule has 0 saturated heterocycles. The molecule has 226 valence electrons. The first-order chi connectivity index (χ1) is 19.6. The highest BCUT2D eigenvalue weighted by molar-refractivity contribution is 7.90. The molecule has 0 radical (unpaired) electrons. The zero-order valence-electron chi connectivity index (χ0n) is 24.1. The Bertz CT molecular complexity index is 1490. The van der Waals surface area contributed by atoms with Gasteiger partial charge in [0, 0.05) is 48.2 Å². The van der Waals surface area contributed by atoms with Crippen molar-refractivity contribution in [3.8, 4) is 0 Å². The number of para-hydroxylation sites is 1. The van der Waals surface area contributed by atoms with E-state index in [-0.39, 0.29) is 28.7 Å². The molecule has 0 unspecified atom stereocenters. The number of nitrogens with one attached hydrogen (secondary N) is 1. The Morgan fingerprint density at radius 3 is 2.02 bits per heavy atom. The Labute approximate surface area is 257 Å². The molecule has 0 fully saturated rings. The number of carbonyl (C=O) groups excluding carboxylic acids is 2. The number of hydrogen-bond acceptors (Lipinski definition) is 4. The minimum absolute atomic E-state index is 0.108. The second-order valence-corrected chi connectivity index (χ2v) is 13.8. The largest absolute Gasteiger partial charge is 0.350 e. The summed E-state index contributed by atoms with van der Waals surface area (Å²) in [5.74, 6) is -2.05. The van der Waals surface area contributed by atoms with E-state index in [0.717, 1.165) is 15.9 Å². The van der Waals surface area contributed by atoms with Crippen LogP contribution in [0.4, 0.5) is 10.1 Å². The average Bonchev–Trinajstić information content (AvgIpc) is 2.90. The van der Waals surface area contributed by atoms with Gasteiger partial charge in [-0.15, -0.1) is 0 Å². The first kappa shape index (κ1) is 33.3. The number of benzene rings is 3. The molecule has 42 heavy (non-hydrogen) atoms. The molecule has 0 aliphatic carbocycles. The van der Waals surface area contributed by atoms with Gasteiger partial charge in [0.2, 0.25) is 11.8 Å². The van der Waals surface area contributed by atoms with E-state index in [1.54, 1.807) is 18.2 Å². The molecule has 0 bridgehead atoms. The van der Waals surface area contributed by atoms with E-state index >= 15 is 0 Å². The number of carbonyl (C=O) groups is 2. The molecule has 0 aromatic heterocycles. The lowest BCUT2D eigenvalue weighted by atomic mass is 10.0. The summed E-state index contributed by atoms with van der Waals surface area (Å²) >= 11 is 13.0. The third-order valence-electron chi connectivity index (χ3n) is 6.30. The van der Waals surface area contributed by atoms with Crippen molar-refractivity contribution >= 4 is 50.9 Å². The molecule has 0 saturated carbocycles. The number of halogens is 3. The van der Waals surface area contributed by atoms with E-state index in [4.69, 9.17) is 23.2 Å². The molecule has 1 N–H and O–H groups in total. The third kappa shape index (κ3) is 8.44. The van der Waals surface area contributed by atoms with Crippen LogP contribution in [0.5, 0.6) is 0 Å². The predicted octanol–water partition coefficient (Wildman–Crippen LogP) is 5.30. The smallest absolute Gasteiger partial charge is 0.304 e. The van der Waals surface area contributed by atoms with Crippen molar-refractivity contribution in [1.29, 1.82) is 0 Å². The Morgan fingerprint density at radius 2 is 1.48 bits per heavy atom. The summed E-state index contributed by atoms with van der Waals surface area (Å²) in [6.07, 6.45) is 0.108. The van der Waals surface area contributed by atoms with Gasteiger partial charge in [0.15, 0.2) is 0 Å². The molecule has 3 aromatic rings. The van der Waals surface area contributed by atoms with Crippen LogP contribution in [0.1, 0.15) is 31.9 Å². The number of anilines is 1. The number of nitrogens with zero attached hydrogens (tertiary/aromatic N) is 3. The van der Waals surface area contributed by atoms with Crippen LogP contribution >= 0.6 is 23.2 Å². The molecule has 8 nitrogen and oxygen atoms in total. The monoisotopic (exact) mass is 636 g/mol. The molecule has 0 heterocycles. The van der Waals surface area contributed by atoms with E-state index < -0.39 is 46.0 Å². The molecular weight excluding hydrogens is 602 g/mol. The molecule has 3 aromatic carbocycles. The van der Waals surface area contributed by atoms with Crippen molar-refractivity contribution in [3.05, 3.63) is 99.8 Å². The van der Waals surface area contributed by atoms with Gasteiger partial charge in [-0.25, -0.2) is 8.70 Å². The normalized spacial score (nSPS) is 12.6. The number of hydrogen-bond donors (Lipinski definition) is 1. The molecule has 1 atom stereocenters. The molecule has 12 heteroatoms. The van der Waals surface area contributed by atoms with Crippen LogP contribution in [0.2, 0.25) is 10.0 Å². The Balaban J connectivity index is 2.17. The second-order valence-electron chi connectivity index (χ2n) is 10.9. The Hall–Kier alpha value is -3.18. The van der Waals surface area contributed by atoms with E-state index in [1.807, 2.05) is 51.1 Å². The lowest BCUT2D eigenvalue weighted by molar-refractivity contribution is -0.140. The van der Waals surface area contributed by atoms with Crippen LogP contribution in [-0.2, 0) is 32.8 Å². The van der Waals surface area contributed by atoms with Gasteiger partial charge in [-0.3, -0.25) is 9.59 Å². The van der Waals surface area contributed by atoms with Gasteiger partial charge in [-0.05, 0) is 50.6 Å². The van der Waals surface area contributed by atoms with Gasteiger partial charge >= 0.3 is 10.2 Å². The molecular formula is C30H35Cl2FN4O4S. The van der Waals surface area contributed by atoms with E-state index in [1.165, 1.54) is 37.2 Å². The fourth-order valence-corrected chi connectivity index (χ4v) is 5.80. The fourth-order valence-electron chi connectivity index (χ4n) is 4.22. The first-order valence-corrected chi connectivity index (χ1v) is 15.3. The topological polar surface area (TPSA) is 90.0 Å². The van der Waals surface area contributed by atoms with Gasteiger partial charge < -0.3 is 10.2 Å². The minimum Gasteiger partial charge on any atom is -0.350 e. The summed E-state index contributed by atoms with van der Waals surface area (Å²) in [6.45, 7) is 4.43. The number of amides is 2. The van der Waals surface area contributed by atoms with Crippen LogP contribution in [0.3, 0.4) is 0 Å². The highest BCUT2D eigenvalue weighted by atomic mass is 35.5. The molecule has 3 rings (SSSR count). The lowest BCUT2D eigenvalue weighted by Gasteiger charge is -2.36. The van der Waals surface area contributed by atoms with Crippen LogP contribution in [0.25, 0.3) is 0 Å². The van der Waals surface area contributed by atoms with Gasteiger partial charge in [0.05, 0.1) is 5.69 Å². The SMILES string of the molecule is CN(C)S(=O)(=O)N(CC(=O)N(Cc1c(Cl)cccc1Cl)[C@H](Cc1ccccc1)C(=O)NC(C)(C)C)c1ccccc1F. The summed E-state index contributed by atoms with van der Waals surface area (Å²) in [7, 11) is -1.78. The van der Waals surface area contributed by atoms with Crippen molar-refractivity contribution in [3.63, 3.8) is 0 Å². The van der Waals surface area contributed by atoms with E-state index in [9.17, 15) is 22.4 Å². The van der Waals surface area contributed by atoms with Crippen molar-refractivity contribution in [1.82, 2.24) is 14.5 Å². The average molecular weight is 638 g/mol. The maximum Gasteiger partial charge on any atom is 0.304 e. The fraction of sp³-hybridized carbons (Fsp3) is 0.333. The van der Waals surface area contributed by atoms with Crippen LogP contribution in [0, 0.1) is 5.82 Å². The van der Waals surface area contributed by atoms with Crippen LogP contribution in [-0.4, -0.2) is 61.7 Å². The second kappa shape index (κ2) is 13.9. The summed E-state index contributed by atoms with van der Waals surface area (Å²) in [6, 6.07) is 18.1. The molecule has 2 amide bonds. The Morgan fingerprint density at radius 1 is 0.905 bits per heavy atom. The van der Waals surface area contributed by atoms with Gasteiger partial charge in [-0.1, -0.05) is 71.7 Å². The van der Waals surface area contributed by atoms with Gasteiger partial charge in [0.25, 0.3) is 0 Å². The summed E-state index contributed by atoms with van der Waals surface area (Å²) in [5.41, 5.74) is 0.190. The predicted molar refractivity (Wildman–Crippen MR) is 165 cm³/mol. The van der Waals surface area contributed by atoms with E-state index in [2.05, 4.69) is 5.32 Å². The zero-order chi connectivity index (χ0) is 31.2. The van der Waals surface area contributed by atoms with Crippen molar-refractivity contribution in [2.24, 2.45) is 0 Å². The molecule has 0 aliphatic rings. The maximum atomic E-state index is 14.9. The summed E-state index contributed by atoms with van der Waals surface area (Å²) in [4.78, 5) is 29.3.